The highest BCUT2D eigenvalue weighted by Crippen LogP contribution is 2.54. The molecule has 3 aromatic rings. The Hall–Kier alpha value is -3.45. The molecule has 168 valence electrons. The molecule has 4 atom stereocenters. The first-order valence-electron chi connectivity index (χ1n) is 11.4. The number of likely N-dealkylation sites (N-methyl/N-ethyl adjacent to an activating group) is 1. The molecule has 7 nitrogen and oxygen atoms in total. The van der Waals surface area contributed by atoms with Crippen molar-refractivity contribution in [3.8, 4) is 0 Å². The Morgan fingerprint density at radius 1 is 1.00 bits per heavy atom. The van der Waals surface area contributed by atoms with Gasteiger partial charge in [-0.25, -0.2) is 0 Å². The molecule has 1 aromatic heterocycles. The third-order valence-electron chi connectivity index (χ3n) is 7.66. The fourth-order valence-corrected chi connectivity index (χ4v) is 6.30. The summed E-state index contributed by atoms with van der Waals surface area (Å²) in [6.45, 7) is 3.70. The first-order chi connectivity index (χ1) is 15.9. The summed E-state index contributed by atoms with van der Waals surface area (Å²) in [6, 6.07) is 15.0. The van der Waals surface area contributed by atoms with E-state index >= 15 is 0 Å². The first kappa shape index (κ1) is 20.2. The van der Waals surface area contributed by atoms with E-state index in [9.17, 15) is 14.4 Å². The van der Waals surface area contributed by atoms with E-state index in [1.165, 1.54) is 4.90 Å². The number of amides is 3. The number of anilines is 1. The molecule has 4 heterocycles. The second-order valence-electron chi connectivity index (χ2n) is 9.65. The van der Waals surface area contributed by atoms with Crippen molar-refractivity contribution >= 4 is 34.3 Å². The van der Waals surface area contributed by atoms with Crippen LogP contribution in [0.2, 0.25) is 0 Å². The number of para-hydroxylation sites is 2. The number of aromatic amines is 1. The molecule has 0 saturated carbocycles. The van der Waals surface area contributed by atoms with Gasteiger partial charge in [0.15, 0.2) is 0 Å². The number of rotatable bonds is 3. The lowest BCUT2D eigenvalue weighted by Crippen LogP contribution is -2.55. The minimum Gasteiger partial charge on any atom is -0.361 e. The van der Waals surface area contributed by atoms with Gasteiger partial charge in [-0.05, 0) is 38.0 Å². The summed E-state index contributed by atoms with van der Waals surface area (Å²) in [6.07, 6.45) is 2.50. The van der Waals surface area contributed by atoms with E-state index in [-0.39, 0.29) is 29.8 Å². The third kappa shape index (κ3) is 2.45. The summed E-state index contributed by atoms with van der Waals surface area (Å²) in [7, 11) is 1.74. The van der Waals surface area contributed by atoms with Crippen molar-refractivity contribution in [2.75, 3.05) is 11.9 Å². The number of hydrogen-bond acceptors (Lipinski definition) is 4. The van der Waals surface area contributed by atoms with E-state index in [1.54, 1.807) is 11.9 Å². The Labute approximate surface area is 191 Å². The van der Waals surface area contributed by atoms with Crippen molar-refractivity contribution in [1.82, 2.24) is 15.2 Å². The van der Waals surface area contributed by atoms with Crippen molar-refractivity contribution in [2.45, 2.75) is 37.9 Å². The highest BCUT2D eigenvalue weighted by molar-refractivity contribution is 6.16. The van der Waals surface area contributed by atoms with Crippen LogP contribution in [0.1, 0.15) is 25.0 Å². The SMILES string of the molecule is CC(C)N1C(=O)[C@@H]2[C@@H](C1=O)[C@@]1(N[C@@H]2Cc2c[nH]c3ccccc23)C(=O)N(C)c2ccccc21. The van der Waals surface area contributed by atoms with Gasteiger partial charge in [-0.1, -0.05) is 36.4 Å². The first-order valence-corrected chi connectivity index (χ1v) is 11.4. The van der Waals surface area contributed by atoms with Crippen LogP contribution < -0.4 is 10.2 Å². The second kappa shape index (κ2) is 6.78. The summed E-state index contributed by atoms with van der Waals surface area (Å²) in [5.41, 5.74) is 2.42. The number of hydrogen-bond donors (Lipinski definition) is 2. The van der Waals surface area contributed by atoms with Crippen LogP contribution in [0.25, 0.3) is 10.9 Å². The van der Waals surface area contributed by atoms with Gasteiger partial charge in [0, 0.05) is 47.5 Å². The molecule has 0 bridgehead atoms. The molecule has 0 radical (unpaired) electrons. The average molecular weight is 443 g/mol. The van der Waals surface area contributed by atoms with Gasteiger partial charge in [-0.3, -0.25) is 24.6 Å². The highest BCUT2D eigenvalue weighted by atomic mass is 16.2. The topological polar surface area (TPSA) is 85.5 Å². The van der Waals surface area contributed by atoms with Gasteiger partial charge in [0.05, 0.1) is 11.8 Å². The molecule has 7 heteroatoms. The number of carbonyl (C=O) groups is 3. The predicted molar refractivity (Wildman–Crippen MR) is 124 cm³/mol. The van der Waals surface area contributed by atoms with Crippen LogP contribution >= 0.6 is 0 Å². The van der Waals surface area contributed by atoms with E-state index in [0.29, 0.717) is 6.42 Å². The molecule has 0 unspecified atom stereocenters. The zero-order valence-corrected chi connectivity index (χ0v) is 18.8. The van der Waals surface area contributed by atoms with Crippen molar-refractivity contribution in [2.24, 2.45) is 11.8 Å². The molecule has 3 aliphatic rings. The Balaban J connectivity index is 1.51. The Bertz CT molecular complexity index is 1330. The monoisotopic (exact) mass is 442 g/mol. The van der Waals surface area contributed by atoms with Crippen LogP contribution in [0.4, 0.5) is 5.69 Å². The van der Waals surface area contributed by atoms with Crippen LogP contribution in [0.15, 0.2) is 54.7 Å². The molecule has 1 spiro atoms. The summed E-state index contributed by atoms with van der Waals surface area (Å²) in [4.78, 5) is 47.4. The molecule has 2 fully saturated rings. The highest BCUT2D eigenvalue weighted by Gasteiger charge is 2.71. The van der Waals surface area contributed by atoms with E-state index < -0.39 is 17.4 Å². The zero-order chi connectivity index (χ0) is 23.1. The number of carbonyl (C=O) groups excluding carboxylic acids is 3. The number of likely N-dealkylation sites (tertiary alicyclic amines) is 1. The maximum Gasteiger partial charge on any atom is 0.252 e. The van der Waals surface area contributed by atoms with Gasteiger partial charge >= 0.3 is 0 Å². The fraction of sp³-hybridized carbons (Fsp3) is 0.346. The maximum absolute atomic E-state index is 13.8. The number of benzene rings is 2. The molecular weight excluding hydrogens is 416 g/mol. The molecule has 2 aromatic carbocycles. The molecule has 0 aliphatic carbocycles. The van der Waals surface area contributed by atoms with E-state index in [1.807, 2.05) is 62.5 Å². The maximum atomic E-state index is 13.8. The van der Waals surface area contributed by atoms with Gasteiger partial charge in [0.1, 0.15) is 5.54 Å². The molecule has 6 rings (SSSR count). The van der Waals surface area contributed by atoms with Crippen molar-refractivity contribution < 1.29 is 14.4 Å². The van der Waals surface area contributed by atoms with Crippen molar-refractivity contribution in [3.63, 3.8) is 0 Å². The molecule has 2 saturated heterocycles. The fourth-order valence-electron chi connectivity index (χ4n) is 6.30. The molecule has 33 heavy (non-hydrogen) atoms. The van der Waals surface area contributed by atoms with Crippen molar-refractivity contribution in [3.05, 3.63) is 65.9 Å². The minimum atomic E-state index is -1.23. The summed E-state index contributed by atoms with van der Waals surface area (Å²) < 4.78 is 0. The summed E-state index contributed by atoms with van der Waals surface area (Å²) in [5, 5.41) is 4.64. The van der Waals surface area contributed by atoms with Gasteiger partial charge < -0.3 is 9.88 Å². The van der Waals surface area contributed by atoms with Gasteiger partial charge in [0.25, 0.3) is 5.91 Å². The van der Waals surface area contributed by atoms with Crippen molar-refractivity contribution in [1.29, 1.82) is 0 Å². The predicted octanol–water partition coefficient (Wildman–Crippen LogP) is 2.56. The molecule has 3 amide bonds. The smallest absolute Gasteiger partial charge is 0.252 e. The quantitative estimate of drug-likeness (QED) is 0.611. The normalized spacial score (nSPS) is 28.6. The van der Waals surface area contributed by atoms with Gasteiger partial charge in [0.2, 0.25) is 11.8 Å². The standard InChI is InChI=1S/C26H26N4O3/c1-14(2)30-23(31)21-19(12-15-13-27-18-10-6-4-8-16(15)18)28-26(22(21)24(30)32)17-9-5-7-11-20(17)29(3)25(26)33/h4-11,13-14,19,21-22,27-28H,12H2,1-3H3/t19-,21+,22+,26-/m1/s1. The van der Waals surface area contributed by atoms with E-state index in [0.717, 1.165) is 27.7 Å². The Morgan fingerprint density at radius 2 is 1.73 bits per heavy atom. The van der Waals surface area contributed by atoms with Crippen LogP contribution in [-0.4, -0.2) is 46.7 Å². The zero-order valence-electron chi connectivity index (χ0n) is 18.8. The van der Waals surface area contributed by atoms with E-state index in [4.69, 9.17) is 0 Å². The number of H-pyrrole nitrogens is 1. The van der Waals surface area contributed by atoms with Gasteiger partial charge in [-0.2, -0.15) is 0 Å². The number of fused-ring (bicyclic) bond motifs is 5. The Kier molecular flexibility index (Phi) is 4.14. The van der Waals surface area contributed by atoms with Crippen LogP contribution in [0.3, 0.4) is 0 Å². The second-order valence-corrected chi connectivity index (χ2v) is 9.65. The number of nitrogens with one attached hydrogen (secondary N) is 2. The third-order valence-corrected chi connectivity index (χ3v) is 7.66. The lowest BCUT2D eigenvalue weighted by molar-refractivity contribution is -0.144. The number of imide groups is 1. The lowest BCUT2D eigenvalue weighted by atomic mass is 9.76. The average Bonchev–Trinajstić information content (AvgIpc) is 3.49. The minimum absolute atomic E-state index is 0.174. The number of nitrogens with zero attached hydrogens (tertiary/aromatic N) is 2. The van der Waals surface area contributed by atoms with Crippen LogP contribution in [0.5, 0.6) is 0 Å². The molecule has 2 N–H and O–H groups in total. The van der Waals surface area contributed by atoms with Crippen LogP contribution in [0, 0.1) is 11.8 Å². The lowest BCUT2D eigenvalue weighted by Gasteiger charge is -2.31. The van der Waals surface area contributed by atoms with E-state index in [2.05, 4.69) is 16.4 Å². The largest absolute Gasteiger partial charge is 0.361 e. The van der Waals surface area contributed by atoms with Crippen LogP contribution in [-0.2, 0) is 26.3 Å². The van der Waals surface area contributed by atoms with Gasteiger partial charge in [-0.15, -0.1) is 0 Å². The molecule has 3 aliphatic heterocycles. The summed E-state index contributed by atoms with van der Waals surface area (Å²) >= 11 is 0. The molecular formula is C26H26N4O3. The summed E-state index contributed by atoms with van der Waals surface area (Å²) in [5.74, 6) is -1.98. The Morgan fingerprint density at radius 3 is 2.52 bits per heavy atom. The number of aromatic nitrogens is 1.